The van der Waals surface area contributed by atoms with E-state index in [1.54, 1.807) is 11.9 Å². The SMILES string of the molecule is CN(C(=O)CCCOc1ccc2c(c1)CCC(=O)N2)c1ccccc1. The molecule has 0 spiro atoms. The number of nitrogens with one attached hydrogen (secondary N) is 1. The van der Waals surface area contributed by atoms with Crippen LogP contribution in [0.25, 0.3) is 0 Å². The predicted molar refractivity (Wildman–Crippen MR) is 98.0 cm³/mol. The van der Waals surface area contributed by atoms with Crippen LogP contribution >= 0.6 is 0 Å². The predicted octanol–water partition coefficient (Wildman–Crippen LogP) is 3.39. The molecule has 5 heteroatoms. The first-order valence-corrected chi connectivity index (χ1v) is 8.50. The number of hydrogen-bond donors (Lipinski definition) is 1. The molecule has 1 N–H and O–H groups in total. The molecule has 1 aliphatic rings. The van der Waals surface area contributed by atoms with E-state index >= 15 is 0 Å². The highest BCUT2D eigenvalue weighted by Crippen LogP contribution is 2.26. The maximum absolute atomic E-state index is 12.2. The number of para-hydroxylation sites is 1. The zero-order valence-corrected chi connectivity index (χ0v) is 14.3. The minimum Gasteiger partial charge on any atom is -0.494 e. The molecular formula is C20H22N2O3. The van der Waals surface area contributed by atoms with Gasteiger partial charge in [-0.1, -0.05) is 18.2 Å². The maximum atomic E-state index is 12.2. The van der Waals surface area contributed by atoms with Crippen LogP contribution in [-0.4, -0.2) is 25.5 Å². The van der Waals surface area contributed by atoms with Crippen molar-refractivity contribution in [2.45, 2.75) is 25.7 Å². The van der Waals surface area contributed by atoms with Gasteiger partial charge in [0.15, 0.2) is 0 Å². The summed E-state index contributed by atoms with van der Waals surface area (Å²) in [5, 5.41) is 2.85. The lowest BCUT2D eigenvalue weighted by atomic mass is 10.0. The van der Waals surface area contributed by atoms with Crippen molar-refractivity contribution in [3.05, 3.63) is 54.1 Å². The number of nitrogens with zero attached hydrogens (tertiary/aromatic N) is 1. The zero-order valence-electron chi connectivity index (χ0n) is 14.3. The fourth-order valence-corrected chi connectivity index (χ4v) is 2.83. The molecule has 25 heavy (non-hydrogen) atoms. The molecule has 5 nitrogen and oxygen atoms in total. The third-order valence-electron chi connectivity index (χ3n) is 4.29. The van der Waals surface area contributed by atoms with Crippen LogP contribution in [0.2, 0.25) is 0 Å². The number of carbonyl (C=O) groups excluding carboxylic acids is 2. The summed E-state index contributed by atoms with van der Waals surface area (Å²) < 4.78 is 5.75. The second kappa shape index (κ2) is 7.83. The van der Waals surface area contributed by atoms with Gasteiger partial charge in [0.25, 0.3) is 0 Å². The summed E-state index contributed by atoms with van der Waals surface area (Å²) in [5.74, 6) is 0.906. The van der Waals surface area contributed by atoms with Crippen molar-refractivity contribution in [3.63, 3.8) is 0 Å². The van der Waals surface area contributed by atoms with Crippen LogP contribution in [0.5, 0.6) is 5.75 Å². The number of aryl methyl sites for hydroxylation is 1. The van der Waals surface area contributed by atoms with Crippen LogP contribution < -0.4 is 15.0 Å². The van der Waals surface area contributed by atoms with E-state index < -0.39 is 0 Å². The van der Waals surface area contributed by atoms with Crippen molar-refractivity contribution in [2.24, 2.45) is 0 Å². The molecule has 0 fully saturated rings. The van der Waals surface area contributed by atoms with E-state index in [9.17, 15) is 9.59 Å². The lowest BCUT2D eigenvalue weighted by Crippen LogP contribution is -2.26. The highest BCUT2D eigenvalue weighted by molar-refractivity contribution is 5.94. The van der Waals surface area contributed by atoms with Gasteiger partial charge in [-0.25, -0.2) is 0 Å². The van der Waals surface area contributed by atoms with Gasteiger partial charge in [0.1, 0.15) is 5.75 Å². The summed E-state index contributed by atoms with van der Waals surface area (Å²) in [7, 11) is 1.79. The Hall–Kier alpha value is -2.82. The minimum absolute atomic E-state index is 0.0576. The van der Waals surface area contributed by atoms with Gasteiger partial charge in [0, 0.05) is 31.3 Å². The van der Waals surface area contributed by atoms with Crippen molar-refractivity contribution < 1.29 is 14.3 Å². The Balaban J connectivity index is 1.46. The standard InChI is InChI=1S/C20H22N2O3/c1-22(16-6-3-2-4-7-16)20(24)8-5-13-25-17-10-11-18-15(14-17)9-12-19(23)21-18/h2-4,6-7,10-11,14H,5,8-9,12-13H2,1H3,(H,21,23). The van der Waals surface area contributed by atoms with Gasteiger partial charge < -0.3 is 15.0 Å². The lowest BCUT2D eigenvalue weighted by Gasteiger charge is -2.18. The largest absolute Gasteiger partial charge is 0.494 e. The van der Waals surface area contributed by atoms with Crippen molar-refractivity contribution in [1.82, 2.24) is 0 Å². The first-order valence-electron chi connectivity index (χ1n) is 8.50. The van der Waals surface area contributed by atoms with Crippen LogP contribution in [-0.2, 0) is 16.0 Å². The third kappa shape index (κ3) is 4.38. The van der Waals surface area contributed by atoms with E-state index in [4.69, 9.17) is 4.74 Å². The first kappa shape index (κ1) is 17.0. The van der Waals surface area contributed by atoms with E-state index in [0.717, 1.165) is 29.1 Å². The normalized spacial score (nSPS) is 12.9. The molecule has 0 atom stereocenters. The molecule has 3 rings (SSSR count). The molecule has 1 aliphatic heterocycles. The van der Waals surface area contributed by atoms with Gasteiger partial charge >= 0.3 is 0 Å². The number of hydrogen-bond acceptors (Lipinski definition) is 3. The van der Waals surface area contributed by atoms with E-state index in [1.165, 1.54) is 0 Å². The number of anilines is 2. The van der Waals surface area contributed by atoms with Gasteiger partial charge in [-0.2, -0.15) is 0 Å². The van der Waals surface area contributed by atoms with E-state index in [0.29, 0.717) is 25.9 Å². The quantitative estimate of drug-likeness (QED) is 0.821. The molecule has 0 aromatic heterocycles. The molecule has 2 aromatic rings. The van der Waals surface area contributed by atoms with Crippen molar-refractivity contribution in [2.75, 3.05) is 23.9 Å². The molecule has 0 bridgehead atoms. The third-order valence-corrected chi connectivity index (χ3v) is 4.29. The molecule has 130 valence electrons. The summed E-state index contributed by atoms with van der Waals surface area (Å²) in [4.78, 5) is 25.2. The summed E-state index contributed by atoms with van der Waals surface area (Å²) in [5.41, 5.74) is 2.85. The van der Waals surface area contributed by atoms with Crippen molar-refractivity contribution in [3.8, 4) is 5.75 Å². The van der Waals surface area contributed by atoms with Crippen LogP contribution in [0.4, 0.5) is 11.4 Å². The van der Waals surface area contributed by atoms with E-state index in [2.05, 4.69) is 5.32 Å². The molecular weight excluding hydrogens is 316 g/mol. The van der Waals surface area contributed by atoms with Gasteiger partial charge in [-0.15, -0.1) is 0 Å². The molecule has 0 saturated heterocycles. The average molecular weight is 338 g/mol. The summed E-state index contributed by atoms with van der Waals surface area (Å²) in [6.07, 6.45) is 2.34. The van der Waals surface area contributed by atoms with Gasteiger partial charge in [0.2, 0.25) is 11.8 Å². The molecule has 2 aromatic carbocycles. The Morgan fingerprint density at radius 2 is 1.96 bits per heavy atom. The molecule has 2 amide bonds. The maximum Gasteiger partial charge on any atom is 0.226 e. The van der Waals surface area contributed by atoms with E-state index in [-0.39, 0.29) is 11.8 Å². The Labute approximate surface area is 147 Å². The molecule has 0 unspecified atom stereocenters. The highest BCUT2D eigenvalue weighted by Gasteiger charge is 2.15. The highest BCUT2D eigenvalue weighted by atomic mass is 16.5. The fourth-order valence-electron chi connectivity index (χ4n) is 2.83. The number of benzene rings is 2. The van der Waals surface area contributed by atoms with Gasteiger partial charge in [-0.05, 0) is 48.7 Å². The van der Waals surface area contributed by atoms with Gasteiger partial charge in [-0.3, -0.25) is 9.59 Å². The number of rotatable bonds is 6. The van der Waals surface area contributed by atoms with Crippen LogP contribution in [0.1, 0.15) is 24.8 Å². The second-order valence-corrected chi connectivity index (χ2v) is 6.11. The smallest absolute Gasteiger partial charge is 0.226 e. The summed E-state index contributed by atoms with van der Waals surface area (Å²) in [6, 6.07) is 15.3. The number of amides is 2. The lowest BCUT2D eigenvalue weighted by molar-refractivity contribution is -0.118. The fraction of sp³-hybridized carbons (Fsp3) is 0.300. The van der Waals surface area contributed by atoms with Gasteiger partial charge in [0.05, 0.1) is 6.61 Å². The molecule has 0 saturated carbocycles. The average Bonchev–Trinajstić information content (AvgIpc) is 2.65. The minimum atomic E-state index is 0.0576. The second-order valence-electron chi connectivity index (χ2n) is 6.11. The Morgan fingerprint density at radius 1 is 1.16 bits per heavy atom. The van der Waals surface area contributed by atoms with Crippen molar-refractivity contribution >= 4 is 23.2 Å². The van der Waals surface area contributed by atoms with Crippen LogP contribution in [0.3, 0.4) is 0 Å². The molecule has 0 aliphatic carbocycles. The van der Waals surface area contributed by atoms with Crippen molar-refractivity contribution in [1.29, 1.82) is 0 Å². The molecule has 0 radical (unpaired) electrons. The van der Waals surface area contributed by atoms with Crippen LogP contribution in [0, 0.1) is 0 Å². The summed E-state index contributed by atoms with van der Waals surface area (Å²) in [6.45, 7) is 0.486. The first-order chi connectivity index (χ1) is 12.1. The van der Waals surface area contributed by atoms with Crippen LogP contribution in [0.15, 0.2) is 48.5 Å². The summed E-state index contributed by atoms with van der Waals surface area (Å²) >= 11 is 0. The topological polar surface area (TPSA) is 58.6 Å². The zero-order chi connectivity index (χ0) is 17.6. The Bertz CT molecular complexity index is 759. The number of fused-ring (bicyclic) bond motifs is 1. The number of carbonyl (C=O) groups is 2. The monoisotopic (exact) mass is 338 g/mol. The number of ether oxygens (including phenoxy) is 1. The molecule has 1 heterocycles. The Kier molecular flexibility index (Phi) is 5.33. The Morgan fingerprint density at radius 3 is 2.76 bits per heavy atom. The van der Waals surface area contributed by atoms with E-state index in [1.807, 2.05) is 48.5 Å².